The van der Waals surface area contributed by atoms with E-state index in [1.54, 1.807) is 0 Å². The van der Waals surface area contributed by atoms with E-state index in [0.717, 1.165) is 19.4 Å². The largest absolute Gasteiger partial charge is 0.481 e. The summed E-state index contributed by atoms with van der Waals surface area (Å²) in [6.45, 7) is 7.36. The number of nitrogens with one attached hydrogen (secondary N) is 2. The lowest BCUT2D eigenvalue weighted by Gasteiger charge is -2.13. The molecule has 1 amide bonds. The van der Waals surface area contributed by atoms with E-state index in [-0.39, 0.29) is 18.2 Å². The van der Waals surface area contributed by atoms with Gasteiger partial charge < -0.3 is 15.7 Å². The van der Waals surface area contributed by atoms with E-state index >= 15 is 0 Å². The Labute approximate surface area is 109 Å². The molecular formula is C13H26N2O3. The van der Waals surface area contributed by atoms with Crippen LogP contribution in [-0.4, -0.2) is 36.1 Å². The van der Waals surface area contributed by atoms with Crippen LogP contribution in [0.4, 0.5) is 0 Å². The number of amides is 1. The summed E-state index contributed by atoms with van der Waals surface area (Å²) in [5, 5.41) is 14.7. The first-order valence-electron chi connectivity index (χ1n) is 6.67. The second kappa shape index (κ2) is 9.88. The molecule has 106 valence electrons. The van der Waals surface area contributed by atoms with Gasteiger partial charge in [-0.3, -0.25) is 9.59 Å². The van der Waals surface area contributed by atoms with Crippen molar-refractivity contribution < 1.29 is 14.7 Å². The number of carbonyl (C=O) groups excluding carboxylic acids is 1. The van der Waals surface area contributed by atoms with Crippen LogP contribution in [0.5, 0.6) is 0 Å². The van der Waals surface area contributed by atoms with Gasteiger partial charge in [-0.15, -0.1) is 0 Å². The lowest BCUT2D eigenvalue weighted by atomic mass is 10.0. The minimum Gasteiger partial charge on any atom is -0.481 e. The minimum absolute atomic E-state index is 0.00407. The zero-order valence-corrected chi connectivity index (χ0v) is 11.7. The van der Waals surface area contributed by atoms with Crippen molar-refractivity contribution in [3.05, 3.63) is 0 Å². The molecule has 5 heteroatoms. The van der Waals surface area contributed by atoms with E-state index in [1.807, 2.05) is 6.92 Å². The van der Waals surface area contributed by atoms with Gasteiger partial charge in [-0.05, 0) is 18.9 Å². The van der Waals surface area contributed by atoms with Crippen molar-refractivity contribution in [1.29, 1.82) is 0 Å². The van der Waals surface area contributed by atoms with Crippen molar-refractivity contribution in [3.63, 3.8) is 0 Å². The SMILES string of the molecule is CCC(CNC(=O)CCCNC(C)C)CC(=O)O. The Morgan fingerprint density at radius 1 is 1.28 bits per heavy atom. The summed E-state index contributed by atoms with van der Waals surface area (Å²) in [6, 6.07) is 0.438. The van der Waals surface area contributed by atoms with Crippen LogP contribution in [0.2, 0.25) is 0 Å². The van der Waals surface area contributed by atoms with E-state index in [4.69, 9.17) is 5.11 Å². The lowest BCUT2D eigenvalue weighted by Crippen LogP contribution is -2.31. The molecule has 0 aromatic carbocycles. The smallest absolute Gasteiger partial charge is 0.303 e. The maximum Gasteiger partial charge on any atom is 0.303 e. The topological polar surface area (TPSA) is 78.4 Å². The molecule has 0 aromatic heterocycles. The van der Waals surface area contributed by atoms with Crippen LogP contribution >= 0.6 is 0 Å². The number of hydrogen-bond donors (Lipinski definition) is 3. The molecule has 0 spiro atoms. The van der Waals surface area contributed by atoms with Crippen LogP contribution in [0.3, 0.4) is 0 Å². The maximum absolute atomic E-state index is 11.5. The average Bonchev–Trinajstić information content (AvgIpc) is 2.29. The summed E-state index contributed by atoms with van der Waals surface area (Å²) >= 11 is 0. The van der Waals surface area contributed by atoms with Crippen LogP contribution in [0.15, 0.2) is 0 Å². The fraction of sp³-hybridized carbons (Fsp3) is 0.846. The Morgan fingerprint density at radius 2 is 1.94 bits per heavy atom. The molecule has 0 aliphatic rings. The Kier molecular flexibility index (Phi) is 9.28. The van der Waals surface area contributed by atoms with Gasteiger partial charge in [-0.2, -0.15) is 0 Å². The molecule has 18 heavy (non-hydrogen) atoms. The minimum atomic E-state index is -0.808. The van der Waals surface area contributed by atoms with E-state index in [0.29, 0.717) is 19.0 Å². The summed E-state index contributed by atoms with van der Waals surface area (Å²) in [6.07, 6.45) is 2.18. The molecule has 0 rings (SSSR count). The summed E-state index contributed by atoms with van der Waals surface area (Å²) in [5.74, 6) is -0.776. The van der Waals surface area contributed by atoms with Crippen molar-refractivity contribution >= 4 is 11.9 Å². The number of carboxylic acid groups (broad SMARTS) is 1. The number of aliphatic carboxylic acids is 1. The molecular weight excluding hydrogens is 232 g/mol. The Balaban J connectivity index is 3.64. The molecule has 1 atom stereocenters. The van der Waals surface area contributed by atoms with Gasteiger partial charge in [0.1, 0.15) is 0 Å². The predicted octanol–water partition coefficient (Wildman–Crippen LogP) is 1.38. The van der Waals surface area contributed by atoms with E-state index < -0.39 is 5.97 Å². The molecule has 0 aliphatic carbocycles. The molecule has 0 saturated heterocycles. The molecule has 3 N–H and O–H groups in total. The molecule has 0 aromatic rings. The van der Waals surface area contributed by atoms with Crippen LogP contribution in [-0.2, 0) is 9.59 Å². The third-order valence-electron chi connectivity index (χ3n) is 2.76. The summed E-state index contributed by atoms with van der Waals surface area (Å²) < 4.78 is 0. The fourth-order valence-corrected chi connectivity index (χ4v) is 1.59. The number of carboxylic acids is 1. The molecule has 5 nitrogen and oxygen atoms in total. The normalized spacial score (nSPS) is 12.4. The average molecular weight is 258 g/mol. The first-order chi connectivity index (χ1) is 8.45. The van der Waals surface area contributed by atoms with Crippen molar-refractivity contribution in [2.45, 2.75) is 52.5 Å². The van der Waals surface area contributed by atoms with Gasteiger partial charge in [0.05, 0.1) is 0 Å². The number of rotatable bonds is 10. The molecule has 0 saturated carbocycles. The van der Waals surface area contributed by atoms with Crippen molar-refractivity contribution in [2.24, 2.45) is 5.92 Å². The second-order valence-electron chi connectivity index (χ2n) is 4.89. The predicted molar refractivity (Wildman–Crippen MR) is 71.4 cm³/mol. The molecule has 0 radical (unpaired) electrons. The summed E-state index contributed by atoms with van der Waals surface area (Å²) in [4.78, 5) is 22.1. The molecule has 0 heterocycles. The summed E-state index contributed by atoms with van der Waals surface area (Å²) in [5.41, 5.74) is 0. The number of hydrogen-bond acceptors (Lipinski definition) is 3. The van der Waals surface area contributed by atoms with Gasteiger partial charge in [-0.25, -0.2) is 0 Å². The van der Waals surface area contributed by atoms with E-state index in [9.17, 15) is 9.59 Å². The maximum atomic E-state index is 11.5. The fourth-order valence-electron chi connectivity index (χ4n) is 1.59. The van der Waals surface area contributed by atoms with Gasteiger partial charge in [0, 0.05) is 25.4 Å². The van der Waals surface area contributed by atoms with Gasteiger partial charge >= 0.3 is 5.97 Å². The van der Waals surface area contributed by atoms with Crippen LogP contribution in [0.1, 0.15) is 46.5 Å². The first-order valence-corrected chi connectivity index (χ1v) is 6.67. The quantitative estimate of drug-likeness (QED) is 0.517. The molecule has 0 aliphatic heterocycles. The van der Waals surface area contributed by atoms with Gasteiger partial charge in [0.25, 0.3) is 0 Å². The standard InChI is InChI=1S/C13H26N2O3/c1-4-11(8-13(17)18)9-15-12(16)6-5-7-14-10(2)3/h10-11,14H,4-9H2,1-3H3,(H,15,16)(H,17,18). The van der Waals surface area contributed by atoms with Crippen molar-refractivity contribution in [3.8, 4) is 0 Å². The van der Waals surface area contributed by atoms with Gasteiger partial charge in [0.15, 0.2) is 0 Å². The third kappa shape index (κ3) is 10.1. The highest BCUT2D eigenvalue weighted by Crippen LogP contribution is 2.06. The zero-order valence-electron chi connectivity index (χ0n) is 11.7. The molecule has 0 bridgehead atoms. The highest BCUT2D eigenvalue weighted by Gasteiger charge is 2.12. The van der Waals surface area contributed by atoms with Crippen molar-refractivity contribution in [1.82, 2.24) is 10.6 Å². The Bertz CT molecular complexity index is 255. The monoisotopic (exact) mass is 258 g/mol. The second-order valence-corrected chi connectivity index (χ2v) is 4.89. The van der Waals surface area contributed by atoms with Gasteiger partial charge in [-0.1, -0.05) is 27.2 Å². The van der Waals surface area contributed by atoms with Crippen molar-refractivity contribution in [2.75, 3.05) is 13.1 Å². The van der Waals surface area contributed by atoms with E-state index in [1.165, 1.54) is 0 Å². The Hall–Kier alpha value is -1.10. The zero-order chi connectivity index (χ0) is 14.0. The Morgan fingerprint density at radius 3 is 2.44 bits per heavy atom. The first kappa shape index (κ1) is 16.9. The highest BCUT2D eigenvalue weighted by atomic mass is 16.4. The van der Waals surface area contributed by atoms with Gasteiger partial charge in [0.2, 0.25) is 5.91 Å². The molecule has 1 unspecified atom stereocenters. The van der Waals surface area contributed by atoms with Crippen LogP contribution in [0, 0.1) is 5.92 Å². The van der Waals surface area contributed by atoms with Crippen LogP contribution in [0.25, 0.3) is 0 Å². The third-order valence-corrected chi connectivity index (χ3v) is 2.76. The highest BCUT2D eigenvalue weighted by molar-refractivity contribution is 5.76. The lowest BCUT2D eigenvalue weighted by molar-refractivity contribution is -0.138. The van der Waals surface area contributed by atoms with E-state index in [2.05, 4.69) is 24.5 Å². The number of carbonyl (C=O) groups is 2. The summed E-state index contributed by atoms with van der Waals surface area (Å²) in [7, 11) is 0. The molecule has 0 fully saturated rings. The van der Waals surface area contributed by atoms with Crippen LogP contribution < -0.4 is 10.6 Å².